The number of esters is 1. The number of nitrogens with two attached hydrogens (primary N) is 1. The van der Waals surface area contributed by atoms with E-state index in [0.717, 1.165) is 57.5 Å². The molecule has 1 aliphatic heterocycles. The van der Waals surface area contributed by atoms with Crippen molar-refractivity contribution in [3.05, 3.63) is 35.4 Å². The van der Waals surface area contributed by atoms with Crippen molar-refractivity contribution in [1.29, 1.82) is 0 Å². The lowest BCUT2D eigenvalue weighted by atomic mass is 9.90. The van der Waals surface area contributed by atoms with Crippen LogP contribution < -0.4 is 15.2 Å². The van der Waals surface area contributed by atoms with E-state index in [-0.39, 0.29) is 23.8 Å². The van der Waals surface area contributed by atoms with Crippen molar-refractivity contribution >= 4 is 23.0 Å². The van der Waals surface area contributed by atoms with Crippen molar-refractivity contribution < 1.29 is 23.7 Å². The Hall–Kier alpha value is -3.48. The second-order valence-corrected chi connectivity index (χ2v) is 11.0. The molecule has 1 saturated heterocycles. The number of likely N-dealkylation sites (tertiary alicyclic amines) is 1. The number of nitrogen functional groups attached to an aromatic ring is 1. The Kier molecular flexibility index (Phi) is 11.3. The topological polar surface area (TPSA) is 130 Å². The lowest BCUT2D eigenvalue weighted by Gasteiger charge is -2.35. The van der Waals surface area contributed by atoms with Gasteiger partial charge in [-0.05, 0) is 76.5 Å². The molecule has 2 aromatic heterocycles. The number of fused-ring (bicyclic) bond motifs is 1. The van der Waals surface area contributed by atoms with Gasteiger partial charge in [0.15, 0.2) is 17.0 Å². The Morgan fingerprint density at radius 3 is 2.60 bits per heavy atom. The van der Waals surface area contributed by atoms with Gasteiger partial charge >= 0.3 is 12.0 Å². The van der Waals surface area contributed by atoms with Gasteiger partial charge in [0.2, 0.25) is 0 Å². The lowest BCUT2D eigenvalue weighted by molar-refractivity contribution is -0.139. The average molecular weight is 584 g/mol. The number of hydrogen-bond acceptors (Lipinski definition) is 11. The largest absolute Gasteiger partial charge is 0.469 e. The maximum atomic E-state index is 11.6. The number of ether oxygens (including phenoxy) is 4. The van der Waals surface area contributed by atoms with Crippen molar-refractivity contribution in [2.24, 2.45) is 5.92 Å². The summed E-state index contributed by atoms with van der Waals surface area (Å²) in [6.07, 6.45) is 3.55. The molecule has 3 heterocycles. The van der Waals surface area contributed by atoms with E-state index >= 15 is 0 Å². The minimum absolute atomic E-state index is 0.120. The van der Waals surface area contributed by atoms with Crippen LogP contribution in [0.2, 0.25) is 0 Å². The van der Waals surface area contributed by atoms with Crippen LogP contribution in [0.4, 0.5) is 5.82 Å². The highest BCUT2D eigenvalue weighted by atomic mass is 16.5. The van der Waals surface area contributed by atoms with Crippen LogP contribution in [0.25, 0.3) is 11.2 Å². The monoisotopic (exact) mass is 583 g/mol. The Labute approximate surface area is 248 Å². The number of methoxy groups -OCH3 is 3. The third-order valence-electron chi connectivity index (χ3n) is 7.97. The molecule has 1 fully saturated rings. The molecule has 12 heteroatoms. The highest BCUT2D eigenvalue weighted by molar-refractivity contribution is 5.83. The van der Waals surface area contributed by atoms with Crippen molar-refractivity contribution in [3.63, 3.8) is 0 Å². The van der Waals surface area contributed by atoms with E-state index in [1.165, 1.54) is 12.7 Å². The van der Waals surface area contributed by atoms with E-state index in [2.05, 4.69) is 50.9 Å². The van der Waals surface area contributed by atoms with Crippen molar-refractivity contribution in [1.82, 2.24) is 29.3 Å². The van der Waals surface area contributed by atoms with Gasteiger partial charge in [-0.1, -0.05) is 24.3 Å². The van der Waals surface area contributed by atoms with Crippen LogP contribution in [0.1, 0.15) is 43.4 Å². The zero-order valence-electron chi connectivity index (χ0n) is 25.5. The van der Waals surface area contributed by atoms with Crippen LogP contribution >= 0.6 is 0 Å². The molecule has 0 amide bonds. The third-order valence-corrected chi connectivity index (χ3v) is 7.97. The van der Waals surface area contributed by atoms with E-state index in [4.69, 9.17) is 24.7 Å². The van der Waals surface area contributed by atoms with E-state index in [1.807, 2.05) is 16.7 Å². The van der Waals surface area contributed by atoms with Gasteiger partial charge in [-0.3, -0.25) is 9.36 Å². The van der Waals surface area contributed by atoms with Gasteiger partial charge in [0.1, 0.15) is 6.61 Å². The van der Waals surface area contributed by atoms with Crippen LogP contribution in [-0.4, -0.2) is 103 Å². The predicted molar refractivity (Wildman–Crippen MR) is 161 cm³/mol. The number of nitrogens with zero attached hydrogens (tertiary/aromatic N) is 6. The maximum absolute atomic E-state index is 11.6. The number of hydrogen-bond donors (Lipinski definition) is 1. The normalized spacial score (nSPS) is 15.3. The molecule has 1 aromatic carbocycles. The molecule has 1 aliphatic rings. The Bertz CT molecular complexity index is 1310. The van der Waals surface area contributed by atoms with Gasteiger partial charge in [0.25, 0.3) is 6.01 Å². The predicted octanol–water partition coefficient (Wildman–Crippen LogP) is 2.95. The zero-order chi connectivity index (χ0) is 30.1. The molecule has 2 N–H and O–H groups in total. The molecular weight excluding hydrogens is 538 g/mol. The molecule has 0 saturated carbocycles. The minimum atomic E-state index is -0.215. The molecule has 1 atom stereocenters. The molecule has 230 valence electrons. The fourth-order valence-electron chi connectivity index (χ4n) is 5.65. The number of piperidine rings is 1. The molecule has 42 heavy (non-hydrogen) atoms. The van der Waals surface area contributed by atoms with E-state index in [0.29, 0.717) is 42.7 Å². The Morgan fingerprint density at radius 2 is 1.88 bits per heavy atom. The number of carbonyl (C=O) groups excluding carboxylic acids is 1. The van der Waals surface area contributed by atoms with Crippen LogP contribution in [0.15, 0.2) is 24.3 Å². The maximum Gasteiger partial charge on any atom is 0.320 e. The fourth-order valence-corrected chi connectivity index (χ4v) is 5.65. The highest BCUT2D eigenvalue weighted by Gasteiger charge is 2.29. The summed E-state index contributed by atoms with van der Waals surface area (Å²) >= 11 is 0. The van der Waals surface area contributed by atoms with Crippen LogP contribution in [0.3, 0.4) is 0 Å². The van der Waals surface area contributed by atoms with E-state index in [1.54, 1.807) is 14.2 Å². The first kappa shape index (κ1) is 31.5. The number of anilines is 1. The van der Waals surface area contributed by atoms with Crippen LogP contribution in [0.5, 0.6) is 12.0 Å². The second-order valence-electron chi connectivity index (χ2n) is 11.0. The summed E-state index contributed by atoms with van der Waals surface area (Å²) in [6, 6.07) is 8.98. The highest BCUT2D eigenvalue weighted by Crippen LogP contribution is 2.35. The van der Waals surface area contributed by atoms with Gasteiger partial charge < -0.3 is 34.5 Å². The van der Waals surface area contributed by atoms with E-state index < -0.39 is 0 Å². The fraction of sp³-hybridized carbons (Fsp3) is 0.600. The standard InChI is InChI=1S/C30H45N7O5/c1-21(37-28-26(32-30(37)41-5)27(31)33-29(34-28)42-17-16-39-3)24-10-14-36(15-11-24)13-7-12-35(2)20-23-9-6-8-22(18-23)19-25(38)40-4/h6,8-9,18,21,24H,7,10-17,19-20H2,1-5H3,(H2,31,33,34). The van der Waals surface area contributed by atoms with Gasteiger partial charge in [-0.15, -0.1) is 0 Å². The molecule has 0 spiro atoms. The SMILES string of the molecule is COCCOc1nc(N)c2nc(OC)n(C(C)C3CCN(CCCN(C)Cc4cccc(CC(=O)OC)c4)CC3)c2n1. The quantitative estimate of drug-likeness (QED) is 0.209. The third kappa shape index (κ3) is 8.08. The summed E-state index contributed by atoms with van der Waals surface area (Å²) in [5.74, 6) is 0.499. The molecule has 0 aliphatic carbocycles. The molecule has 4 rings (SSSR count). The molecule has 0 bridgehead atoms. The van der Waals surface area contributed by atoms with Crippen molar-refractivity contribution in [2.75, 3.05) is 73.5 Å². The van der Waals surface area contributed by atoms with E-state index in [9.17, 15) is 4.79 Å². The summed E-state index contributed by atoms with van der Waals surface area (Å²) in [7, 11) is 6.80. The Balaban J connectivity index is 1.28. The number of carbonyl (C=O) groups is 1. The van der Waals surface area contributed by atoms with Gasteiger partial charge in [-0.25, -0.2) is 0 Å². The van der Waals surface area contributed by atoms with Gasteiger partial charge in [0, 0.05) is 19.7 Å². The first-order chi connectivity index (χ1) is 20.3. The average Bonchev–Trinajstić information content (AvgIpc) is 3.36. The zero-order valence-corrected chi connectivity index (χ0v) is 25.5. The molecule has 12 nitrogen and oxygen atoms in total. The molecular formula is C30H45N7O5. The summed E-state index contributed by atoms with van der Waals surface area (Å²) in [4.78, 5) is 30.0. The first-order valence-electron chi connectivity index (χ1n) is 14.6. The van der Waals surface area contributed by atoms with Crippen molar-refractivity contribution in [2.45, 2.75) is 45.2 Å². The van der Waals surface area contributed by atoms with Crippen LogP contribution in [-0.2, 0) is 27.2 Å². The van der Waals surface area contributed by atoms with Gasteiger partial charge in [-0.2, -0.15) is 15.0 Å². The summed E-state index contributed by atoms with van der Waals surface area (Å²) in [6.45, 7) is 7.98. The summed E-state index contributed by atoms with van der Waals surface area (Å²) < 4.78 is 23.2. The second kappa shape index (κ2) is 15.1. The summed E-state index contributed by atoms with van der Waals surface area (Å²) in [5.41, 5.74) is 9.55. The number of benzene rings is 1. The molecule has 0 radical (unpaired) electrons. The lowest BCUT2D eigenvalue weighted by Crippen LogP contribution is -2.37. The number of aromatic nitrogens is 4. The molecule has 1 unspecified atom stereocenters. The Morgan fingerprint density at radius 1 is 1.12 bits per heavy atom. The smallest absolute Gasteiger partial charge is 0.320 e. The van der Waals surface area contributed by atoms with Crippen molar-refractivity contribution in [3.8, 4) is 12.0 Å². The number of rotatable bonds is 15. The first-order valence-corrected chi connectivity index (χ1v) is 14.6. The number of imidazole rings is 1. The summed E-state index contributed by atoms with van der Waals surface area (Å²) in [5, 5.41) is 0. The van der Waals surface area contributed by atoms with Gasteiger partial charge in [0.05, 0.1) is 27.2 Å². The molecule has 3 aromatic rings. The minimum Gasteiger partial charge on any atom is -0.469 e. The van der Waals surface area contributed by atoms with Crippen LogP contribution in [0, 0.1) is 5.92 Å².